The van der Waals surface area contributed by atoms with Gasteiger partial charge in [0.25, 0.3) is 5.91 Å². The Morgan fingerprint density at radius 2 is 2.00 bits per heavy atom. The number of amides is 1. The molecule has 26 heavy (non-hydrogen) atoms. The van der Waals surface area contributed by atoms with E-state index in [1.807, 2.05) is 0 Å². The summed E-state index contributed by atoms with van der Waals surface area (Å²) in [6, 6.07) is 9.75. The maximum atomic E-state index is 12.7. The van der Waals surface area contributed by atoms with E-state index < -0.39 is 22.0 Å². The summed E-state index contributed by atoms with van der Waals surface area (Å²) in [4.78, 5) is 12.7. The third kappa shape index (κ3) is 3.75. The average molecular weight is 415 g/mol. The molecule has 0 bridgehead atoms. The van der Waals surface area contributed by atoms with Crippen molar-refractivity contribution < 1.29 is 17.9 Å². The van der Waals surface area contributed by atoms with Gasteiger partial charge < -0.3 is 10.1 Å². The summed E-state index contributed by atoms with van der Waals surface area (Å²) in [5.74, 6) is -0.196. The Labute approximate surface area is 161 Å². The molecule has 1 N–H and O–H groups in total. The number of sulfonamides is 1. The van der Waals surface area contributed by atoms with Crippen molar-refractivity contribution in [1.29, 1.82) is 0 Å². The highest BCUT2D eigenvalue weighted by molar-refractivity contribution is 7.92. The van der Waals surface area contributed by atoms with Crippen LogP contribution in [-0.4, -0.2) is 33.2 Å². The van der Waals surface area contributed by atoms with Gasteiger partial charge in [-0.2, -0.15) is 0 Å². The summed E-state index contributed by atoms with van der Waals surface area (Å²) in [5.41, 5.74) is 1.56. The first-order chi connectivity index (χ1) is 12.2. The lowest BCUT2D eigenvalue weighted by Crippen LogP contribution is -2.48. The van der Waals surface area contributed by atoms with Gasteiger partial charge in [-0.25, -0.2) is 8.42 Å². The summed E-state index contributed by atoms with van der Waals surface area (Å²) >= 11 is 12.0. The largest absolute Gasteiger partial charge is 0.476 e. The number of ether oxygens (including phenoxy) is 1. The number of carbonyl (C=O) groups excluding carboxylic acids is 1. The molecule has 0 fully saturated rings. The van der Waals surface area contributed by atoms with Crippen LogP contribution in [0.2, 0.25) is 10.0 Å². The number of nitrogens with zero attached hydrogens (tertiary/aromatic N) is 1. The third-order valence-corrected chi connectivity index (χ3v) is 5.80. The molecule has 3 rings (SSSR count). The standard InChI is InChI=1S/C17H16Cl2N2O4S/c1-10-12(19)4-3-5-13(10)20-17(22)16-9-21(26(2,23)24)14-8-11(18)6-7-15(14)25-16/h3-8,16H,9H2,1-2H3,(H,20,22)/t16-/m0/s1. The molecule has 0 spiro atoms. The fourth-order valence-electron chi connectivity index (χ4n) is 2.63. The van der Waals surface area contributed by atoms with E-state index in [1.165, 1.54) is 6.07 Å². The van der Waals surface area contributed by atoms with Crippen LogP contribution in [-0.2, 0) is 14.8 Å². The fourth-order valence-corrected chi connectivity index (χ4v) is 3.88. The molecule has 6 nitrogen and oxygen atoms in total. The minimum Gasteiger partial charge on any atom is -0.476 e. The molecule has 0 unspecified atom stereocenters. The number of hydrogen-bond donors (Lipinski definition) is 1. The van der Waals surface area contributed by atoms with Crippen molar-refractivity contribution in [3.8, 4) is 5.75 Å². The molecule has 0 aromatic heterocycles. The molecule has 0 saturated heterocycles. The molecule has 0 radical (unpaired) electrons. The quantitative estimate of drug-likeness (QED) is 0.833. The number of halogens is 2. The predicted octanol–water partition coefficient (Wildman–Crippen LogP) is 3.47. The maximum Gasteiger partial charge on any atom is 0.267 e. The highest BCUT2D eigenvalue weighted by Gasteiger charge is 2.35. The van der Waals surface area contributed by atoms with Gasteiger partial charge in [0.05, 0.1) is 18.5 Å². The molecule has 1 aliphatic rings. The van der Waals surface area contributed by atoms with Gasteiger partial charge in [-0.05, 0) is 42.8 Å². The second-order valence-corrected chi connectivity index (χ2v) is 8.66. The van der Waals surface area contributed by atoms with Crippen LogP contribution in [0.15, 0.2) is 36.4 Å². The molecule has 1 aliphatic heterocycles. The summed E-state index contributed by atoms with van der Waals surface area (Å²) in [5, 5.41) is 3.63. The number of nitrogens with one attached hydrogen (secondary N) is 1. The smallest absolute Gasteiger partial charge is 0.267 e. The predicted molar refractivity (Wildman–Crippen MR) is 103 cm³/mol. The van der Waals surface area contributed by atoms with Crippen molar-refractivity contribution in [2.75, 3.05) is 22.4 Å². The monoisotopic (exact) mass is 414 g/mol. The Kier molecular flexibility index (Phi) is 5.05. The van der Waals surface area contributed by atoms with E-state index in [2.05, 4.69) is 5.32 Å². The molecular formula is C17H16Cl2N2O4S. The Hall–Kier alpha value is -1.96. The second-order valence-electron chi connectivity index (χ2n) is 5.91. The zero-order chi connectivity index (χ0) is 19.1. The fraction of sp³-hybridized carbons (Fsp3) is 0.235. The van der Waals surface area contributed by atoms with Gasteiger partial charge >= 0.3 is 0 Å². The lowest BCUT2D eigenvalue weighted by atomic mass is 10.1. The van der Waals surface area contributed by atoms with Crippen molar-refractivity contribution in [2.45, 2.75) is 13.0 Å². The van der Waals surface area contributed by atoms with Crippen LogP contribution in [0.4, 0.5) is 11.4 Å². The van der Waals surface area contributed by atoms with Crippen LogP contribution in [0.25, 0.3) is 0 Å². The number of rotatable bonds is 3. The van der Waals surface area contributed by atoms with E-state index in [0.717, 1.165) is 10.6 Å². The van der Waals surface area contributed by atoms with Crippen LogP contribution in [0, 0.1) is 6.92 Å². The van der Waals surface area contributed by atoms with E-state index in [-0.39, 0.29) is 12.3 Å². The van der Waals surface area contributed by atoms with Gasteiger partial charge in [0, 0.05) is 15.7 Å². The first kappa shape index (κ1) is 18.8. The lowest BCUT2D eigenvalue weighted by molar-refractivity contribution is -0.122. The van der Waals surface area contributed by atoms with E-state index in [9.17, 15) is 13.2 Å². The Morgan fingerprint density at radius 3 is 2.69 bits per heavy atom. The van der Waals surface area contributed by atoms with E-state index >= 15 is 0 Å². The Morgan fingerprint density at radius 1 is 1.27 bits per heavy atom. The van der Waals surface area contributed by atoms with Crippen molar-refractivity contribution in [3.63, 3.8) is 0 Å². The molecule has 1 heterocycles. The lowest BCUT2D eigenvalue weighted by Gasteiger charge is -2.34. The Balaban J connectivity index is 1.91. The number of carbonyl (C=O) groups is 1. The topological polar surface area (TPSA) is 75.7 Å². The van der Waals surface area contributed by atoms with Crippen LogP contribution in [0.1, 0.15) is 5.56 Å². The summed E-state index contributed by atoms with van der Waals surface area (Å²) in [6.45, 7) is 1.62. The average Bonchev–Trinajstić information content (AvgIpc) is 2.57. The third-order valence-electron chi connectivity index (χ3n) is 4.01. The van der Waals surface area contributed by atoms with Gasteiger partial charge in [0.1, 0.15) is 5.75 Å². The van der Waals surface area contributed by atoms with Crippen molar-refractivity contribution in [2.24, 2.45) is 0 Å². The molecule has 9 heteroatoms. The highest BCUT2D eigenvalue weighted by atomic mass is 35.5. The SMILES string of the molecule is Cc1c(Cl)cccc1NC(=O)[C@@H]1CN(S(C)(=O)=O)c2cc(Cl)ccc2O1. The molecule has 1 atom stereocenters. The summed E-state index contributed by atoms with van der Waals surface area (Å²) in [7, 11) is -3.62. The molecule has 1 amide bonds. The van der Waals surface area contributed by atoms with Crippen molar-refractivity contribution in [1.82, 2.24) is 0 Å². The summed E-state index contributed by atoms with van der Waals surface area (Å²) < 4.78 is 31.2. The van der Waals surface area contributed by atoms with Gasteiger partial charge in [0.2, 0.25) is 10.0 Å². The number of fused-ring (bicyclic) bond motifs is 1. The van der Waals surface area contributed by atoms with Gasteiger partial charge in [-0.15, -0.1) is 0 Å². The molecule has 0 aliphatic carbocycles. The number of hydrogen-bond acceptors (Lipinski definition) is 4. The number of anilines is 2. The molecule has 138 valence electrons. The molecule has 2 aromatic carbocycles. The molecule has 0 saturated carbocycles. The van der Waals surface area contributed by atoms with E-state index in [0.29, 0.717) is 27.0 Å². The van der Waals surface area contributed by atoms with Gasteiger partial charge in [-0.3, -0.25) is 9.10 Å². The first-order valence-corrected chi connectivity index (χ1v) is 10.3. The van der Waals surface area contributed by atoms with Crippen molar-refractivity contribution >= 4 is 50.5 Å². The first-order valence-electron chi connectivity index (χ1n) is 7.66. The second kappa shape index (κ2) is 6.98. The van der Waals surface area contributed by atoms with Crippen LogP contribution in [0.5, 0.6) is 5.75 Å². The van der Waals surface area contributed by atoms with Crippen molar-refractivity contribution in [3.05, 3.63) is 52.0 Å². The van der Waals surface area contributed by atoms with Crippen LogP contribution in [0.3, 0.4) is 0 Å². The minimum atomic E-state index is -3.62. The van der Waals surface area contributed by atoms with Gasteiger partial charge in [-0.1, -0.05) is 29.3 Å². The minimum absolute atomic E-state index is 0.155. The highest BCUT2D eigenvalue weighted by Crippen LogP contribution is 2.37. The van der Waals surface area contributed by atoms with Crippen LogP contribution >= 0.6 is 23.2 Å². The maximum absolute atomic E-state index is 12.7. The molecule has 2 aromatic rings. The zero-order valence-corrected chi connectivity index (χ0v) is 16.3. The number of benzene rings is 2. The molecular weight excluding hydrogens is 399 g/mol. The zero-order valence-electron chi connectivity index (χ0n) is 14.0. The van der Waals surface area contributed by atoms with E-state index in [1.54, 1.807) is 37.3 Å². The normalized spacial score (nSPS) is 16.6. The summed E-state index contributed by atoms with van der Waals surface area (Å²) in [6.07, 6.45) is 0.0517. The van der Waals surface area contributed by atoms with Gasteiger partial charge in [0.15, 0.2) is 6.10 Å². The Bertz CT molecular complexity index is 979. The van der Waals surface area contributed by atoms with E-state index in [4.69, 9.17) is 27.9 Å². The van der Waals surface area contributed by atoms with Crippen LogP contribution < -0.4 is 14.4 Å².